The van der Waals surface area contributed by atoms with E-state index in [4.69, 9.17) is 4.28 Å². The summed E-state index contributed by atoms with van der Waals surface area (Å²) in [5, 5.41) is 1.40. The average Bonchev–Trinajstić information content (AvgIpc) is 2.68. The monoisotopic (exact) mass is 438 g/mol. The maximum Gasteiger partial charge on any atom is 0.313 e. The van der Waals surface area contributed by atoms with E-state index in [1.807, 2.05) is 37.3 Å². The highest BCUT2D eigenvalue weighted by atomic mass is 32.2. The van der Waals surface area contributed by atoms with Crippen molar-refractivity contribution < 1.29 is 21.1 Å². The minimum absolute atomic E-state index is 0.0938. The summed E-state index contributed by atoms with van der Waals surface area (Å²) in [6, 6.07) is 15.9. The van der Waals surface area contributed by atoms with Crippen molar-refractivity contribution >= 4 is 20.1 Å². The lowest BCUT2D eigenvalue weighted by atomic mass is 9.81. The molecule has 2 aromatic carbocycles. The normalized spacial score (nSPS) is 18.1. The Kier molecular flexibility index (Phi) is 6.16. The van der Waals surface area contributed by atoms with Crippen LogP contribution in [-0.4, -0.2) is 52.6 Å². The first kappa shape index (κ1) is 21.9. The van der Waals surface area contributed by atoms with Gasteiger partial charge in [-0.1, -0.05) is 48.0 Å². The molecular formula is C20H26N2O5S2. The Bertz CT molecular complexity index is 1040. The van der Waals surface area contributed by atoms with Gasteiger partial charge in [-0.3, -0.25) is 0 Å². The Morgan fingerprint density at radius 1 is 0.931 bits per heavy atom. The molecule has 0 amide bonds. The fraction of sp³-hybridized carbons (Fsp3) is 0.400. The van der Waals surface area contributed by atoms with Crippen molar-refractivity contribution in [3.63, 3.8) is 0 Å². The first-order valence-corrected chi connectivity index (χ1v) is 12.6. The Labute approximate surface area is 173 Å². The lowest BCUT2D eigenvalue weighted by Gasteiger charge is -2.45. The van der Waals surface area contributed by atoms with E-state index in [1.165, 1.54) is 27.8 Å². The largest absolute Gasteiger partial charge is 0.313 e. The highest BCUT2D eigenvalue weighted by Crippen LogP contribution is 2.39. The third kappa shape index (κ3) is 4.70. The minimum Gasteiger partial charge on any atom is -0.212 e. The first-order valence-electron chi connectivity index (χ1n) is 9.30. The number of hydrogen-bond donors (Lipinski definition) is 0. The van der Waals surface area contributed by atoms with Crippen LogP contribution in [0.3, 0.4) is 0 Å². The molecule has 0 atom stereocenters. The van der Waals surface area contributed by atoms with Crippen LogP contribution in [0.15, 0.2) is 59.5 Å². The SMILES string of the molecule is Cc1ccc(S(=O)(=O)ON2CCC(c3ccccc3)(N(C)S(C)(=O)=O)CC2)cc1. The summed E-state index contributed by atoms with van der Waals surface area (Å²) in [5.41, 5.74) is 1.09. The number of nitrogens with zero attached hydrogens (tertiary/aromatic N) is 2. The fourth-order valence-corrected chi connectivity index (χ4v) is 5.57. The minimum atomic E-state index is -3.93. The molecular weight excluding hydrogens is 412 g/mol. The molecule has 1 aliphatic rings. The molecule has 9 heteroatoms. The highest BCUT2D eigenvalue weighted by Gasteiger charge is 2.44. The van der Waals surface area contributed by atoms with E-state index in [1.54, 1.807) is 19.2 Å². The third-order valence-corrected chi connectivity index (χ3v) is 8.08. The molecule has 0 spiro atoms. The second-order valence-corrected chi connectivity index (χ2v) is 10.9. The Morgan fingerprint density at radius 2 is 1.48 bits per heavy atom. The lowest BCUT2D eigenvalue weighted by Crippen LogP contribution is -2.53. The number of sulfonamides is 1. The van der Waals surface area contributed by atoms with E-state index in [-0.39, 0.29) is 18.0 Å². The quantitative estimate of drug-likeness (QED) is 0.689. The average molecular weight is 439 g/mol. The molecule has 29 heavy (non-hydrogen) atoms. The van der Waals surface area contributed by atoms with Crippen molar-refractivity contribution in [3.05, 3.63) is 65.7 Å². The maximum absolute atomic E-state index is 12.6. The van der Waals surface area contributed by atoms with Crippen LogP contribution in [0.5, 0.6) is 0 Å². The van der Waals surface area contributed by atoms with Crippen LogP contribution in [0.4, 0.5) is 0 Å². The van der Waals surface area contributed by atoms with Gasteiger partial charge in [0.2, 0.25) is 10.0 Å². The van der Waals surface area contributed by atoms with Gasteiger partial charge in [0.1, 0.15) is 0 Å². The number of benzene rings is 2. The van der Waals surface area contributed by atoms with Gasteiger partial charge in [0.15, 0.2) is 0 Å². The van der Waals surface area contributed by atoms with Crippen LogP contribution in [0.2, 0.25) is 0 Å². The van der Waals surface area contributed by atoms with Gasteiger partial charge in [-0.25, -0.2) is 8.42 Å². The molecule has 7 nitrogen and oxygen atoms in total. The molecule has 1 heterocycles. The summed E-state index contributed by atoms with van der Waals surface area (Å²) >= 11 is 0. The summed E-state index contributed by atoms with van der Waals surface area (Å²) in [6.07, 6.45) is 2.00. The highest BCUT2D eigenvalue weighted by molar-refractivity contribution is 7.88. The molecule has 1 aliphatic heterocycles. The first-order chi connectivity index (χ1) is 13.5. The molecule has 0 unspecified atom stereocenters. The Balaban J connectivity index is 1.81. The summed E-state index contributed by atoms with van der Waals surface area (Å²) in [6.45, 7) is 2.43. The van der Waals surface area contributed by atoms with Gasteiger partial charge in [-0.15, -0.1) is 0 Å². The molecule has 1 saturated heterocycles. The summed E-state index contributed by atoms with van der Waals surface area (Å²) in [5.74, 6) is 0. The van der Waals surface area contributed by atoms with Crippen molar-refractivity contribution in [1.82, 2.24) is 9.37 Å². The number of piperidine rings is 1. The van der Waals surface area contributed by atoms with E-state index < -0.39 is 25.7 Å². The predicted molar refractivity (Wildman–Crippen MR) is 111 cm³/mol. The van der Waals surface area contributed by atoms with Crippen LogP contribution < -0.4 is 0 Å². The van der Waals surface area contributed by atoms with E-state index in [0.717, 1.165) is 11.1 Å². The smallest absolute Gasteiger partial charge is 0.212 e. The lowest BCUT2D eigenvalue weighted by molar-refractivity contribution is -0.0927. The van der Waals surface area contributed by atoms with Crippen molar-refractivity contribution in [2.45, 2.75) is 30.2 Å². The van der Waals surface area contributed by atoms with E-state index >= 15 is 0 Å². The van der Waals surface area contributed by atoms with E-state index in [9.17, 15) is 16.8 Å². The van der Waals surface area contributed by atoms with Crippen molar-refractivity contribution in [1.29, 1.82) is 0 Å². The number of hydroxylamine groups is 2. The van der Waals surface area contributed by atoms with Gasteiger partial charge in [0, 0.05) is 20.1 Å². The molecule has 0 bridgehead atoms. The molecule has 2 aromatic rings. The summed E-state index contributed by atoms with van der Waals surface area (Å²) < 4.78 is 56.5. The standard InChI is InChI=1S/C20H26N2O5S2/c1-17-9-11-19(12-10-17)29(25,26)27-22-15-13-20(14-16-22,21(2)28(3,23)24)18-7-5-4-6-8-18/h4-12H,13-16H2,1-3H3. The van der Waals surface area contributed by atoms with E-state index in [0.29, 0.717) is 12.8 Å². The number of aryl methyl sites for hydroxylation is 1. The van der Waals surface area contributed by atoms with Crippen molar-refractivity contribution in [2.75, 3.05) is 26.4 Å². The van der Waals surface area contributed by atoms with Crippen LogP contribution in [0.25, 0.3) is 0 Å². The molecule has 0 aliphatic carbocycles. The molecule has 0 N–H and O–H groups in total. The molecule has 0 saturated carbocycles. The topological polar surface area (TPSA) is 84.0 Å². The Morgan fingerprint density at radius 3 is 2.00 bits per heavy atom. The number of rotatable bonds is 6. The molecule has 1 fully saturated rings. The maximum atomic E-state index is 12.6. The van der Waals surface area contributed by atoms with Gasteiger partial charge in [-0.2, -0.15) is 22.1 Å². The van der Waals surface area contributed by atoms with E-state index in [2.05, 4.69) is 0 Å². The predicted octanol–water partition coefficient (Wildman–Crippen LogP) is 2.50. The second kappa shape index (κ2) is 8.16. The van der Waals surface area contributed by atoms with Crippen molar-refractivity contribution in [3.8, 4) is 0 Å². The van der Waals surface area contributed by atoms with Crippen LogP contribution in [-0.2, 0) is 30.0 Å². The zero-order valence-electron chi connectivity index (χ0n) is 16.8. The second-order valence-electron chi connectivity index (χ2n) is 7.40. The van der Waals surface area contributed by atoms with Crippen LogP contribution in [0, 0.1) is 6.92 Å². The fourth-order valence-electron chi connectivity index (χ4n) is 3.67. The molecule has 0 aromatic heterocycles. The molecule has 3 rings (SSSR count). The van der Waals surface area contributed by atoms with Gasteiger partial charge < -0.3 is 0 Å². The zero-order valence-corrected chi connectivity index (χ0v) is 18.4. The van der Waals surface area contributed by atoms with Gasteiger partial charge in [-0.05, 0) is 37.5 Å². The van der Waals surface area contributed by atoms with Gasteiger partial charge >= 0.3 is 10.1 Å². The molecule has 0 radical (unpaired) electrons. The Hall–Kier alpha value is -1.78. The van der Waals surface area contributed by atoms with Gasteiger partial charge in [0.25, 0.3) is 0 Å². The summed E-state index contributed by atoms with van der Waals surface area (Å²) in [4.78, 5) is 0.0938. The van der Waals surface area contributed by atoms with Crippen LogP contribution in [0.1, 0.15) is 24.0 Å². The third-order valence-electron chi connectivity index (χ3n) is 5.47. The number of hydrogen-bond acceptors (Lipinski definition) is 6. The summed E-state index contributed by atoms with van der Waals surface area (Å²) in [7, 11) is -5.81. The van der Waals surface area contributed by atoms with Crippen LogP contribution >= 0.6 is 0 Å². The van der Waals surface area contributed by atoms with Gasteiger partial charge in [0.05, 0.1) is 16.7 Å². The van der Waals surface area contributed by atoms with Crippen molar-refractivity contribution in [2.24, 2.45) is 0 Å². The molecule has 158 valence electrons. The zero-order chi connectivity index (χ0) is 21.3.